The largest absolute Gasteiger partial charge is 0.383 e. The van der Waals surface area contributed by atoms with Crippen molar-refractivity contribution >= 4 is 0 Å². The number of hydrazine groups is 1. The number of hydrogen-bond donors (Lipinski definition) is 3. The van der Waals surface area contributed by atoms with Crippen molar-refractivity contribution in [2.45, 2.75) is 18.8 Å². The Kier molecular flexibility index (Phi) is 3.52. The van der Waals surface area contributed by atoms with E-state index in [1.54, 1.807) is 0 Å². The van der Waals surface area contributed by atoms with Gasteiger partial charge in [0.15, 0.2) is 12.4 Å². The molecule has 0 fully saturated rings. The Morgan fingerprint density at radius 1 is 1.33 bits per heavy atom. The second-order valence-electron chi connectivity index (χ2n) is 1.39. The molecule has 0 heterocycles. The van der Waals surface area contributed by atoms with Crippen LogP contribution in [0.15, 0.2) is 0 Å². The van der Waals surface area contributed by atoms with E-state index in [1.807, 2.05) is 0 Å². The molecule has 0 aliphatic carbocycles. The van der Waals surface area contributed by atoms with E-state index in [2.05, 4.69) is 5.84 Å². The molecule has 0 aliphatic rings. The average molecular weight is 144 g/mol. The lowest BCUT2D eigenvalue weighted by Crippen LogP contribution is -2.43. The molecule has 0 aromatic carbocycles. The smallest absolute Gasteiger partial charge is 0.268 e. The van der Waals surface area contributed by atoms with Crippen LogP contribution >= 0.6 is 0 Å². The van der Waals surface area contributed by atoms with Crippen LogP contribution in [0.3, 0.4) is 0 Å². The van der Waals surface area contributed by atoms with Crippen molar-refractivity contribution in [3.05, 3.63) is 0 Å². The molecule has 0 saturated carbocycles. The summed E-state index contributed by atoms with van der Waals surface area (Å²) in [5.41, 5.74) is 1.35. The Hall–Kier alpha value is -0.330. The van der Waals surface area contributed by atoms with Crippen molar-refractivity contribution in [1.29, 1.82) is 0 Å². The van der Waals surface area contributed by atoms with E-state index in [0.29, 0.717) is 0 Å². The van der Waals surface area contributed by atoms with Crippen molar-refractivity contribution in [2.75, 3.05) is 0 Å². The van der Waals surface area contributed by atoms with Gasteiger partial charge in [0, 0.05) is 0 Å². The number of aliphatic hydroxyl groups excluding tert-OH is 1. The lowest BCUT2D eigenvalue weighted by Gasteiger charge is -2.12. The number of aliphatic hydroxyl groups is 1. The van der Waals surface area contributed by atoms with Gasteiger partial charge in [-0.1, -0.05) is 0 Å². The topological polar surface area (TPSA) is 58.3 Å². The maximum atomic E-state index is 11.8. The molecule has 3 nitrogen and oxygen atoms in total. The Bertz CT molecular complexity index is 81.5. The van der Waals surface area contributed by atoms with E-state index in [4.69, 9.17) is 5.11 Å². The van der Waals surface area contributed by atoms with E-state index >= 15 is 0 Å². The molecule has 0 aromatic heterocycles. The van der Waals surface area contributed by atoms with Crippen LogP contribution in [0.25, 0.3) is 0 Å². The molecule has 0 radical (unpaired) electrons. The Labute approximate surface area is 49.6 Å². The SMILES string of the molecule is NNC(F)C(O)C(F)F. The first-order valence-corrected chi connectivity index (χ1v) is 2.16. The molecule has 2 unspecified atom stereocenters. The van der Waals surface area contributed by atoms with Crippen LogP contribution in [0.2, 0.25) is 0 Å². The van der Waals surface area contributed by atoms with Crippen molar-refractivity contribution in [3.63, 3.8) is 0 Å². The van der Waals surface area contributed by atoms with Gasteiger partial charge in [-0.3, -0.25) is 5.84 Å². The van der Waals surface area contributed by atoms with Gasteiger partial charge < -0.3 is 5.11 Å². The van der Waals surface area contributed by atoms with Gasteiger partial charge in [-0.25, -0.2) is 18.6 Å². The van der Waals surface area contributed by atoms with E-state index in [0.717, 1.165) is 0 Å². The first-order valence-electron chi connectivity index (χ1n) is 2.16. The Morgan fingerprint density at radius 3 is 1.89 bits per heavy atom. The summed E-state index contributed by atoms with van der Waals surface area (Å²) in [7, 11) is 0. The minimum Gasteiger partial charge on any atom is -0.383 e. The van der Waals surface area contributed by atoms with Gasteiger partial charge in [0.25, 0.3) is 6.43 Å². The Balaban J connectivity index is 3.58. The van der Waals surface area contributed by atoms with E-state index in [9.17, 15) is 13.2 Å². The van der Waals surface area contributed by atoms with Gasteiger partial charge in [0.2, 0.25) is 0 Å². The maximum absolute atomic E-state index is 11.8. The summed E-state index contributed by atoms with van der Waals surface area (Å²) in [5.74, 6) is 4.39. The van der Waals surface area contributed by atoms with Crippen LogP contribution in [0.4, 0.5) is 13.2 Å². The summed E-state index contributed by atoms with van der Waals surface area (Å²) < 4.78 is 34.4. The molecule has 4 N–H and O–H groups in total. The van der Waals surface area contributed by atoms with Crippen LogP contribution in [-0.4, -0.2) is 23.9 Å². The van der Waals surface area contributed by atoms with E-state index < -0.39 is 18.8 Å². The molecule has 9 heavy (non-hydrogen) atoms. The summed E-state index contributed by atoms with van der Waals surface area (Å²) in [6.45, 7) is 0. The van der Waals surface area contributed by atoms with Gasteiger partial charge in [-0.2, -0.15) is 0 Å². The molecule has 0 aromatic rings. The summed E-state index contributed by atoms with van der Waals surface area (Å²) in [6.07, 6.45) is -7.74. The number of alkyl halides is 3. The van der Waals surface area contributed by atoms with Gasteiger partial charge in [-0.15, -0.1) is 0 Å². The fourth-order valence-electron chi connectivity index (χ4n) is 0.226. The molecular formula is C3H7F3N2O. The summed E-state index contributed by atoms with van der Waals surface area (Å²) in [4.78, 5) is 0. The maximum Gasteiger partial charge on any atom is 0.268 e. The monoisotopic (exact) mass is 144 g/mol. The molecule has 0 aliphatic heterocycles. The zero-order chi connectivity index (χ0) is 7.44. The molecule has 0 spiro atoms. The van der Waals surface area contributed by atoms with Crippen LogP contribution in [0.1, 0.15) is 0 Å². The van der Waals surface area contributed by atoms with Crippen LogP contribution in [0, 0.1) is 0 Å². The number of rotatable bonds is 3. The Morgan fingerprint density at radius 2 is 1.78 bits per heavy atom. The van der Waals surface area contributed by atoms with Crippen molar-refractivity contribution < 1.29 is 18.3 Å². The highest BCUT2D eigenvalue weighted by Gasteiger charge is 2.25. The third kappa shape index (κ3) is 2.64. The van der Waals surface area contributed by atoms with Gasteiger partial charge in [0.1, 0.15) is 0 Å². The predicted molar refractivity (Wildman–Crippen MR) is 24.2 cm³/mol. The second kappa shape index (κ2) is 3.65. The molecule has 0 rings (SSSR count). The fourth-order valence-corrected chi connectivity index (χ4v) is 0.226. The zero-order valence-corrected chi connectivity index (χ0v) is 4.39. The van der Waals surface area contributed by atoms with Crippen molar-refractivity contribution in [3.8, 4) is 0 Å². The zero-order valence-electron chi connectivity index (χ0n) is 4.39. The van der Waals surface area contributed by atoms with Gasteiger partial charge >= 0.3 is 0 Å². The van der Waals surface area contributed by atoms with Crippen LogP contribution in [0.5, 0.6) is 0 Å². The van der Waals surface area contributed by atoms with Gasteiger partial charge in [-0.05, 0) is 0 Å². The van der Waals surface area contributed by atoms with E-state index in [1.165, 1.54) is 5.43 Å². The quantitative estimate of drug-likeness (QED) is 0.281. The normalized spacial score (nSPS) is 18.0. The lowest BCUT2D eigenvalue weighted by molar-refractivity contribution is -0.0577. The molecule has 0 amide bonds. The van der Waals surface area contributed by atoms with Crippen LogP contribution in [-0.2, 0) is 0 Å². The summed E-state index contributed by atoms with van der Waals surface area (Å²) in [5, 5.41) is 8.13. The van der Waals surface area contributed by atoms with Crippen LogP contribution < -0.4 is 11.3 Å². The predicted octanol–water partition coefficient (Wildman–Crippen LogP) is -0.629. The third-order valence-corrected chi connectivity index (χ3v) is 0.717. The minimum absolute atomic E-state index is 1.35. The van der Waals surface area contributed by atoms with E-state index in [-0.39, 0.29) is 0 Å². The molecular weight excluding hydrogens is 137 g/mol. The van der Waals surface area contributed by atoms with Crippen molar-refractivity contribution in [1.82, 2.24) is 5.43 Å². The van der Waals surface area contributed by atoms with Gasteiger partial charge in [0.05, 0.1) is 0 Å². The molecule has 6 heteroatoms. The summed E-state index contributed by atoms with van der Waals surface area (Å²) >= 11 is 0. The molecule has 0 saturated heterocycles. The average Bonchev–Trinajstić information content (AvgIpc) is 1.84. The second-order valence-corrected chi connectivity index (χ2v) is 1.39. The number of nitrogens with two attached hydrogens (primary N) is 1. The standard InChI is InChI=1S/C3H7F3N2O/c4-2(5)1(9)3(6)8-7/h1-3,8-9H,7H2. The molecule has 2 atom stereocenters. The lowest BCUT2D eigenvalue weighted by atomic mass is 10.3. The van der Waals surface area contributed by atoms with Crippen molar-refractivity contribution in [2.24, 2.45) is 5.84 Å². The first kappa shape index (κ1) is 8.67. The molecule has 56 valence electrons. The first-order chi connectivity index (χ1) is 4.09. The summed E-state index contributed by atoms with van der Waals surface area (Å²) in [6, 6.07) is 0. The number of halogens is 3. The highest BCUT2D eigenvalue weighted by atomic mass is 19.3. The molecule has 0 bridgehead atoms. The highest BCUT2D eigenvalue weighted by Crippen LogP contribution is 2.04. The highest BCUT2D eigenvalue weighted by molar-refractivity contribution is 4.63. The third-order valence-electron chi connectivity index (χ3n) is 0.717. The fraction of sp³-hybridized carbons (Fsp3) is 1.00. The number of hydrogen-bond acceptors (Lipinski definition) is 3. The number of nitrogens with one attached hydrogen (secondary N) is 1. The minimum atomic E-state index is -3.11.